The van der Waals surface area contributed by atoms with E-state index in [1.807, 2.05) is 12.2 Å². The van der Waals surface area contributed by atoms with E-state index in [4.69, 9.17) is 4.74 Å². The molecule has 0 amide bonds. The van der Waals surface area contributed by atoms with Crippen LogP contribution in [0.3, 0.4) is 0 Å². The van der Waals surface area contributed by atoms with E-state index in [0.717, 1.165) is 12.8 Å². The van der Waals surface area contributed by atoms with Crippen molar-refractivity contribution in [3.05, 3.63) is 60.7 Å². The lowest BCUT2D eigenvalue weighted by atomic mass is 9.85. The quantitative estimate of drug-likeness (QED) is 0.626. The molecule has 0 fully saturated rings. The molecule has 0 atom stereocenters. The lowest BCUT2D eigenvalue weighted by molar-refractivity contribution is -0.00996. The van der Waals surface area contributed by atoms with E-state index in [1.165, 1.54) is 11.1 Å². The third-order valence-corrected chi connectivity index (χ3v) is 3.42. The van der Waals surface area contributed by atoms with E-state index < -0.39 is 0 Å². The number of ether oxygens (including phenoxy) is 1. The molecule has 0 aliphatic carbocycles. The Morgan fingerprint density at radius 1 is 1.22 bits per heavy atom. The van der Waals surface area contributed by atoms with E-state index in [2.05, 4.69) is 51.3 Å². The van der Waals surface area contributed by atoms with Crippen molar-refractivity contribution >= 4 is 0 Å². The van der Waals surface area contributed by atoms with Gasteiger partial charge >= 0.3 is 0 Å². The zero-order valence-corrected chi connectivity index (χ0v) is 11.8. The first-order chi connectivity index (χ1) is 8.59. The first-order valence-corrected chi connectivity index (χ1v) is 6.47. The highest BCUT2D eigenvalue weighted by Gasteiger charge is 2.29. The maximum absolute atomic E-state index is 5.80. The van der Waals surface area contributed by atoms with Gasteiger partial charge in [0.1, 0.15) is 0 Å². The van der Waals surface area contributed by atoms with Gasteiger partial charge in [0, 0.05) is 7.11 Å². The van der Waals surface area contributed by atoms with Crippen molar-refractivity contribution in [2.24, 2.45) is 0 Å². The molecule has 0 aromatic heterocycles. The van der Waals surface area contributed by atoms with Crippen molar-refractivity contribution in [3.8, 4) is 0 Å². The second kappa shape index (κ2) is 6.55. The second-order valence-electron chi connectivity index (χ2n) is 4.96. The van der Waals surface area contributed by atoms with E-state index in [9.17, 15) is 0 Å². The minimum absolute atomic E-state index is 0.325. The Bertz CT molecular complexity index is 394. The molecule has 98 valence electrons. The number of hydrogen-bond acceptors (Lipinski definition) is 1. The fourth-order valence-corrected chi connectivity index (χ4v) is 2.25. The summed E-state index contributed by atoms with van der Waals surface area (Å²) in [6.45, 7) is 12.1. The van der Waals surface area contributed by atoms with Crippen LogP contribution in [0.15, 0.2) is 49.6 Å². The van der Waals surface area contributed by atoms with Crippen molar-refractivity contribution in [2.75, 3.05) is 7.11 Å². The molecule has 1 aromatic rings. The summed E-state index contributed by atoms with van der Waals surface area (Å²) in [4.78, 5) is 0. The minimum atomic E-state index is -0.325. The molecule has 1 heteroatoms. The Hall–Kier alpha value is -1.34. The van der Waals surface area contributed by atoms with Gasteiger partial charge in [0.05, 0.1) is 5.60 Å². The molecule has 18 heavy (non-hydrogen) atoms. The molecule has 1 nitrogen and oxygen atoms in total. The maximum Gasteiger partial charge on any atom is 0.0995 e. The van der Waals surface area contributed by atoms with Crippen LogP contribution in [0.1, 0.15) is 43.7 Å². The molecular formula is C17H24O. The van der Waals surface area contributed by atoms with Crippen molar-refractivity contribution in [1.29, 1.82) is 0 Å². The fourth-order valence-electron chi connectivity index (χ4n) is 2.25. The molecular weight excluding hydrogens is 220 g/mol. The van der Waals surface area contributed by atoms with Gasteiger partial charge in [-0.1, -0.05) is 50.3 Å². The predicted octanol–water partition coefficient (Wildman–Crippen LogP) is 4.80. The molecule has 0 unspecified atom stereocenters. The highest BCUT2D eigenvalue weighted by molar-refractivity contribution is 5.31. The van der Waals surface area contributed by atoms with Crippen LogP contribution in [-0.4, -0.2) is 7.11 Å². The highest BCUT2D eigenvalue weighted by Crippen LogP contribution is 2.34. The fraction of sp³-hybridized carbons (Fsp3) is 0.412. The van der Waals surface area contributed by atoms with Crippen molar-refractivity contribution in [3.63, 3.8) is 0 Å². The molecule has 0 heterocycles. The summed E-state index contributed by atoms with van der Waals surface area (Å²) >= 11 is 0. The molecule has 0 aliphatic rings. The smallest absolute Gasteiger partial charge is 0.0995 e. The van der Waals surface area contributed by atoms with E-state index >= 15 is 0 Å². The SMILES string of the molecule is C=CCC(CC=C)(OC)c1cccc(C(C)C)c1. The highest BCUT2D eigenvalue weighted by atomic mass is 16.5. The second-order valence-corrected chi connectivity index (χ2v) is 4.96. The normalized spacial score (nSPS) is 11.6. The average molecular weight is 244 g/mol. The third-order valence-electron chi connectivity index (χ3n) is 3.42. The Labute approximate surface area is 111 Å². The van der Waals surface area contributed by atoms with Gasteiger partial charge in [-0.05, 0) is 29.9 Å². The Morgan fingerprint density at radius 2 is 1.83 bits per heavy atom. The first kappa shape index (κ1) is 14.7. The predicted molar refractivity (Wildman–Crippen MR) is 78.8 cm³/mol. The van der Waals surface area contributed by atoms with Crippen molar-refractivity contribution in [1.82, 2.24) is 0 Å². The van der Waals surface area contributed by atoms with Gasteiger partial charge in [-0.2, -0.15) is 0 Å². The van der Waals surface area contributed by atoms with Crippen LogP contribution < -0.4 is 0 Å². The van der Waals surface area contributed by atoms with Gasteiger partial charge in [-0.25, -0.2) is 0 Å². The summed E-state index contributed by atoms with van der Waals surface area (Å²) in [5, 5.41) is 0. The Morgan fingerprint density at radius 3 is 2.28 bits per heavy atom. The standard InChI is InChI=1S/C17H24O/c1-6-11-17(18-5,12-7-2)16-10-8-9-15(13-16)14(3)4/h6-10,13-14H,1-2,11-12H2,3-5H3. The molecule has 0 radical (unpaired) electrons. The van der Waals surface area contributed by atoms with Crippen LogP contribution in [0.5, 0.6) is 0 Å². The number of methoxy groups -OCH3 is 1. The lowest BCUT2D eigenvalue weighted by Gasteiger charge is -2.31. The molecule has 0 bridgehead atoms. The van der Waals surface area contributed by atoms with Crippen LogP contribution >= 0.6 is 0 Å². The summed E-state index contributed by atoms with van der Waals surface area (Å²) in [6.07, 6.45) is 5.40. The number of rotatable bonds is 7. The van der Waals surface area contributed by atoms with Gasteiger partial charge in [0.15, 0.2) is 0 Å². The molecule has 1 aromatic carbocycles. The zero-order chi connectivity index (χ0) is 13.6. The summed E-state index contributed by atoms with van der Waals surface area (Å²) < 4.78 is 5.80. The van der Waals surface area contributed by atoms with Crippen LogP contribution in [-0.2, 0) is 10.3 Å². The van der Waals surface area contributed by atoms with Crippen molar-refractivity contribution < 1.29 is 4.74 Å². The molecule has 0 aliphatic heterocycles. The minimum Gasteiger partial charge on any atom is -0.373 e. The molecule has 1 rings (SSSR count). The first-order valence-electron chi connectivity index (χ1n) is 6.47. The van der Waals surface area contributed by atoms with Gasteiger partial charge in [-0.15, -0.1) is 13.2 Å². The largest absolute Gasteiger partial charge is 0.373 e. The average Bonchev–Trinajstić information content (AvgIpc) is 2.38. The van der Waals surface area contributed by atoms with Gasteiger partial charge in [-0.3, -0.25) is 0 Å². The van der Waals surface area contributed by atoms with E-state index in [0.29, 0.717) is 5.92 Å². The third kappa shape index (κ3) is 3.11. The topological polar surface area (TPSA) is 9.23 Å². The van der Waals surface area contributed by atoms with Crippen LogP contribution in [0.25, 0.3) is 0 Å². The van der Waals surface area contributed by atoms with Crippen LogP contribution in [0.2, 0.25) is 0 Å². The summed E-state index contributed by atoms with van der Waals surface area (Å²) in [7, 11) is 1.76. The van der Waals surface area contributed by atoms with E-state index in [-0.39, 0.29) is 5.60 Å². The maximum atomic E-state index is 5.80. The molecule has 0 saturated heterocycles. The monoisotopic (exact) mass is 244 g/mol. The lowest BCUT2D eigenvalue weighted by Crippen LogP contribution is -2.27. The number of hydrogen-bond donors (Lipinski definition) is 0. The summed E-state index contributed by atoms with van der Waals surface area (Å²) in [5.74, 6) is 0.520. The van der Waals surface area contributed by atoms with Crippen LogP contribution in [0.4, 0.5) is 0 Å². The van der Waals surface area contributed by atoms with Gasteiger partial charge < -0.3 is 4.74 Å². The van der Waals surface area contributed by atoms with E-state index in [1.54, 1.807) is 7.11 Å². The Kier molecular flexibility index (Phi) is 5.36. The Balaban J connectivity index is 3.22. The van der Waals surface area contributed by atoms with Crippen molar-refractivity contribution in [2.45, 2.75) is 38.2 Å². The van der Waals surface area contributed by atoms with Crippen LogP contribution in [0, 0.1) is 0 Å². The number of benzene rings is 1. The van der Waals surface area contributed by atoms with Gasteiger partial charge in [0.25, 0.3) is 0 Å². The van der Waals surface area contributed by atoms with Gasteiger partial charge in [0.2, 0.25) is 0 Å². The zero-order valence-electron chi connectivity index (χ0n) is 11.8. The molecule has 0 saturated carbocycles. The summed E-state index contributed by atoms with van der Waals surface area (Å²) in [5.41, 5.74) is 2.21. The molecule has 0 N–H and O–H groups in total. The summed E-state index contributed by atoms with van der Waals surface area (Å²) in [6, 6.07) is 8.63. The molecule has 0 spiro atoms.